The van der Waals surface area contributed by atoms with Crippen molar-refractivity contribution in [3.8, 4) is 28.6 Å². The summed E-state index contributed by atoms with van der Waals surface area (Å²) in [7, 11) is 3.15. The fourth-order valence-electron chi connectivity index (χ4n) is 2.52. The highest BCUT2D eigenvalue weighted by atomic mass is 32.1. The minimum Gasteiger partial charge on any atom is -0.493 e. The van der Waals surface area contributed by atoms with E-state index in [9.17, 15) is 4.79 Å². The normalized spacial score (nSPS) is 10.4. The molecule has 0 bridgehead atoms. The predicted molar refractivity (Wildman–Crippen MR) is 109 cm³/mol. The lowest BCUT2D eigenvalue weighted by Crippen LogP contribution is -2.13. The third kappa shape index (κ3) is 4.40. The van der Waals surface area contributed by atoms with Crippen molar-refractivity contribution in [2.75, 3.05) is 26.1 Å². The molecule has 1 aromatic heterocycles. The largest absolute Gasteiger partial charge is 0.493 e. The standard InChI is InChI=1S/C20H21N3O4S/c1-4-11-27-15-8-6-5-7-14(15)19(24)22-20-21-18(23-28-20)13-9-10-16(25-2)17(12-13)26-3/h5-10,12H,4,11H2,1-3H3,(H,21,22,23,24). The Morgan fingerprint density at radius 2 is 1.86 bits per heavy atom. The second kappa shape index (κ2) is 9.18. The average molecular weight is 399 g/mol. The molecule has 0 aliphatic rings. The topological polar surface area (TPSA) is 82.6 Å². The molecule has 2 aromatic carbocycles. The number of hydrogen-bond donors (Lipinski definition) is 1. The molecule has 0 saturated heterocycles. The Balaban J connectivity index is 1.77. The van der Waals surface area contributed by atoms with Gasteiger partial charge in [-0.1, -0.05) is 19.1 Å². The maximum absolute atomic E-state index is 12.6. The van der Waals surface area contributed by atoms with Crippen molar-refractivity contribution >= 4 is 22.6 Å². The highest BCUT2D eigenvalue weighted by molar-refractivity contribution is 7.10. The van der Waals surface area contributed by atoms with E-state index in [2.05, 4.69) is 14.7 Å². The number of hydrogen-bond acceptors (Lipinski definition) is 7. The van der Waals surface area contributed by atoms with Crippen LogP contribution in [0.1, 0.15) is 23.7 Å². The summed E-state index contributed by atoms with van der Waals surface area (Å²) in [4.78, 5) is 17.0. The second-order valence-electron chi connectivity index (χ2n) is 5.79. The molecule has 1 N–H and O–H groups in total. The first-order valence-corrected chi connectivity index (χ1v) is 9.53. The van der Waals surface area contributed by atoms with Crippen LogP contribution >= 0.6 is 11.5 Å². The monoisotopic (exact) mass is 399 g/mol. The van der Waals surface area contributed by atoms with Gasteiger partial charge in [-0.25, -0.2) is 0 Å². The van der Waals surface area contributed by atoms with Crippen molar-refractivity contribution < 1.29 is 19.0 Å². The van der Waals surface area contributed by atoms with Gasteiger partial charge in [-0.2, -0.15) is 9.36 Å². The lowest BCUT2D eigenvalue weighted by atomic mass is 10.2. The van der Waals surface area contributed by atoms with Gasteiger partial charge in [0.15, 0.2) is 17.3 Å². The molecular weight excluding hydrogens is 378 g/mol. The minimum absolute atomic E-state index is 0.290. The molecule has 0 fully saturated rings. The van der Waals surface area contributed by atoms with E-state index in [0.29, 0.717) is 40.4 Å². The number of carbonyl (C=O) groups is 1. The molecule has 3 rings (SSSR count). The van der Waals surface area contributed by atoms with Gasteiger partial charge >= 0.3 is 0 Å². The van der Waals surface area contributed by atoms with Crippen LogP contribution in [-0.2, 0) is 0 Å². The summed E-state index contributed by atoms with van der Waals surface area (Å²) >= 11 is 1.11. The summed E-state index contributed by atoms with van der Waals surface area (Å²) in [6.45, 7) is 2.56. The van der Waals surface area contributed by atoms with Crippen LogP contribution in [0.2, 0.25) is 0 Å². The molecule has 0 saturated carbocycles. The zero-order valence-electron chi connectivity index (χ0n) is 15.9. The van der Waals surface area contributed by atoms with Gasteiger partial charge in [0.2, 0.25) is 5.13 Å². The van der Waals surface area contributed by atoms with Crippen molar-refractivity contribution in [1.82, 2.24) is 9.36 Å². The smallest absolute Gasteiger partial charge is 0.261 e. The highest BCUT2D eigenvalue weighted by Gasteiger charge is 2.16. The van der Waals surface area contributed by atoms with E-state index in [0.717, 1.165) is 23.5 Å². The molecule has 0 unspecified atom stereocenters. The number of anilines is 1. The fourth-order valence-corrected chi connectivity index (χ4v) is 3.11. The first-order chi connectivity index (χ1) is 13.7. The molecule has 1 heterocycles. The van der Waals surface area contributed by atoms with E-state index >= 15 is 0 Å². The van der Waals surface area contributed by atoms with Crippen molar-refractivity contribution in [3.05, 3.63) is 48.0 Å². The SMILES string of the molecule is CCCOc1ccccc1C(=O)Nc1nc(-c2ccc(OC)c(OC)c2)ns1. The number of benzene rings is 2. The van der Waals surface area contributed by atoms with Crippen LogP contribution in [-0.4, -0.2) is 36.1 Å². The zero-order valence-corrected chi connectivity index (χ0v) is 16.7. The van der Waals surface area contributed by atoms with Gasteiger partial charge in [0, 0.05) is 17.1 Å². The number of nitrogens with zero attached hydrogens (tertiary/aromatic N) is 2. The summed E-state index contributed by atoms with van der Waals surface area (Å²) < 4.78 is 20.5. The van der Waals surface area contributed by atoms with Crippen molar-refractivity contribution in [1.29, 1.82) is 0 Å². The summed E-state index contributed by atoms with van der Waals surface area (Å²) in [6.07, 6.45) is 0.862. The van der Waals surface area contributed by atoms with Crippen LogP contribution in [0.3, 0.4) is 0 Å². The Kier molecular flexibility index (Phi) is 6.44. The third-order valence-electron chi connectivity index (χ3n) is 3.88. The van der Waals surface area contributed by atoms with Gasteiger partial charge in [-0.15, -0.1) is 0 Å². The molecule has 0 atom stereocenters. The van der Waals surface area contributed by atoms with E-state index < -0.39 is 0 Å². The van der Waals surface area contributed by atoms with Crippen LogP contribution in [0.15, 0.2) is 42.5 Å². The number of aromatic nitrogens is 2. The third-order valence-corrected chi connectivity index (χ3v) is 4.51. The Hall–Kier alpha value is -3.13. The van der Waals surface area contributed by atoms with E-state index in [1.165, 1.54) is 0 Å². The van der Waals surface area contributed by atoms with Crippen LogP contribution in [0.25, 0.3) is 11.4 Å². The summed E-state index contributed by atoms with van der Waals surface area (Å²) in [5.41, 5.74) is 1.22. The number of methoxy groups -OCH3 is 2. The Bertz CT molecular complexity index is 958. The number of ether oxygens (including phenoxy) is 3. The van der Waals surface area contributed by atoms with Crippen LogP contribution in [0.5, 0.6) is 17.2 Å². The molecule has 0 radical (unpaired) electrons. The molecule has 0 aliphatic carbocycles. The Morgan fingerprint density at radius 1 is 1.07 bits per heavy atom. The van der Waals surface area contributed by atoms with Gasteiger partial charge in [0.05, 0.1) is 26.4 Å². The number of rotatable bonds is 8. The van der Waals surface area contributed by atoms with Crippen molar-refractivity contribution in [3.63, 3.8) is 0 Å². The molecule has 3 aromatic rings. The molecule has 8 heteroatoms. The van der Waals surface area contributed by atoms with Gasteiger partial charge in [0.1, 0.15) is 5.75 Å². The number of amides is 1. The summed E-state index contributed by atoms with van der Waals surface area (Å²) in [6, 6.07) is 12.5. The second-order valence-corrected chi connectivity index (χ2v) is 6.54. The number of para-hydroxylation sites is 1. The summed E-state index contributed by atoms with van der Waals surface area (Å²) in [5, 5.41) is 3.19. The first kappa shape index (κ1) is 19.6. The van der Waals surface area contributed by atoms with Gasteiger partial charge in [0.25, 0.3) is 5.91 Å². The lowest BCUT2D eigenvalue weighted by Gasteiger charge is -2.09. The molecule has 0 spiro atoms. The lowest BCUT2D eigenvalue weighted by molar-refractivity contribution is 0.102. The molecular formula is C20H21N3O4S. The van der Waals surface area contributed by atoms with E-state index in [1.54, 1.807) is 44.6 Å². The average Bonchev–Trinajstić information content (AvgIpc) is 3.20. The first-order valence-electron chi connectivity index (χ1n) is 8.75. The molecule has 7 nitrogen and oxygen atoms in total. The maximum atomic E-state index is 12.6. The van der Waals surface area contributed by atoms with Crippen LogP contribution < -0.4 is 19.5 Å². The Morgan fingerprint density at radius 3 is 2.61 bits per heavy atom. The van der Waals surface area contributed by atoms with E-state index in [4.69, 9.17) is 14.2 Å². The van der Waals surface area contributed by atoms with Crippen molar-refractivity contribution in [2.24, 2.45) is 0 Å². The maximum Gasteiger partial charge on any atom is 0.261 e. The van der Waals surface area contributed by atoms with Gasteiger partial charge in [-0.3, -0.25) is 10.1 Å². The Labute approximate surface area is 167 Å². The minimum atomic E-state index is -0.290. The van der Waals surface area contributed by atoms with Gasteiger partial charge in [-0.05, 0) is 36.8 Å². The van der Waals surface area contributed by atoms with Gasteiger partial charge < -0.3 is 14.2 Å². The highest BCUT2D eigenvalue weighted by Crippen LogP contribution is 2.32. The number of carbonyl (C=O) groups excluding carboxylic acids is 1. The van der Waals surface area contributed by atoms with Crippen molar-refractivity contribution in [2.45, 2.75) is 13.3 Å². The molecule has 28 heavy (non-hydrogen) atoms. The summed E-state index contributed by atoms with van der Waals surface area (Å²) in [5.74, 6) is 1.96. The molecule has 146 valence electrons. The van der Waals surface area contributed by atoms with Crippen LogP contribution in [0, 0.1) is 0 Å². The quantitative estimate of drug-likeness (QED) is 0.609. The predicted octanol–water partition coefficient (Wildman–Crippen LogP) is 4.26. The fraction of sp³-hybridized carbons (Fsp3) is 0.250. The zero-order chi connectivity index (χ0) is 19.9. The van der Waals surface area contributed by atoms with E-state index in [1.807, 2.05) is 19.1 Å². The molecule has 1 amide bonds. The number of nitrogens with one attached hydrogen (secondary N) is 1. The molecule has 0 aliphatic heterocycles. The van der Waals surface area contributed by atoms with Crippen LogP contribution in [0.4, 0.5) is 5.13 Å². The van der Waals surface area contributed by atoms with E-state index in [-0.39, 0.29) is 5.91 Å².